The Morgan fingerprint density at radius 2 is 1.83 bits per heavy atom. The molecule has 1 aliphatic carbocycles. The van der Waals surface area contributed by atoms with Crippen LogP contribution >= 0.6 is 0 Å². The van der Waals surface area contributed by atoms with Gasteiger partial charge in [0.15, 0.2) is 0 Å². The van der Waals surface area contributed by atoms with Crippen LogP contribution in [0.2, 0.25) is 0 Å². The van der Waals surface area contributed by atoms with Crippen LogP contribution in [0, 0.1) is 11.3 Å². The molecular weight excluding hydrogens is 310 g/mol. The molecule has 3 aliphatic rings. The zero-order chi connectivity index (χ0) is 17.5. The van der Waals surface area contributed by atoms with Gasteiger partial charge in [-0.05, 0) is 12.8 Å². The quantitative estimate of drug-likeness (QED) is 0.772. The number of rotatable bonds is 3. The molecule has 3 atom stereocenters. The van der Waals surface area contributed by atoms with Crippen LogP contribution < -0.4 is 5.73 Å². The molecule has 1 saturated carbocycles. The summed E-state index contributed by atoms with van der Waals surface area (Å²) in [6.07, 6.45) is 1.98. The highest BCUT2D eigenvalue weighted by Gasteiger charge is 2.70. The topological polar surface area (TPSA) is 85.1 Å². The summed E-state index contributed by atoms with van der Waals surface area (Å²) in [5.41, 5.74) is 5.45. The smallest absolute Gasteiger partial charge is 0.248 e. The summed E-state index contributed by atoms with van der Waals surface area (Å²) in [5, 5.41) is 0. The van der Waals surface area contributed by atoms with Crippen LogP contribution in [0.1, 0.15) is 26.7 Å². The average Bonchev–Trinajstić information content (AvgIpc) is 2.60. The third kappa shape index (κ3) is 2.45. The van der Waals surface area contributed by atoms with Gasteiger partial charge in [0.05, 0.1) is 6.10 Å². The monoisotopic (exact) mass is 339 g/mol. The third-order valence-corrected chi connectivity index (χ3v) is 6.23. The molecule has 2 saturated heterocycles. The van der Waals surface area contributed by atoms with Crippen LogP contribution in [-0.2, 0) is 19.1 Å². The second-order valence-corrected chi connectivity index (χ2v) is 7.74. The second-order valence-electron chi connectivity index (χ2n) is 7.74. The Kier molecular flexibility index (Phi) is 4.61. The molecule has 0 bridgehead atoms. The molecule has 7 nitrogen and oxygen atoms in total. The fraction of sp³-hybridized carbons (Fsp3) is 0.882. The molecule has 0 aromatic heterocycles. The summed E-state index contributed by atoms with van der Waals surface area (Å²) in [5.74, 6) is 0.0803. The number of hydrogen-bond acceptors (Lipinski definition) is 5. The summed E-state index contributed by atoms with van der Waals surface area (Å²) >= 11 is 0. The molecule has 2 heterocycles. The Labute approximate surface area is 143 Å². The van der Waals surface area contributed by atoms with E-state index in [9.17, 15) is 9.59 Å². The maximum Gasteiger partial charge on any atom is 0.248 e. The van der Waals surface area contributed by atoms with Gasteiger partial charge < -0.3 is 25.0 Å². The van der Waals surface area contributed by atoms with Gasteiger partial charge in [0.25, 0.3) is 0 Å². The van der Waals surface area contributed by atoms with Crippen molar-refractivity contribution in [2.24, 2.45) is 17.1 Å². The number of piperazine rings is 1. The Hall–Kier alpha value is -1.18. The molecule has 2 N–H and O–H groups in total. The van der Waals surface area contributed by atoms with Crippen molar-refractivity contribution in [1.82, 2.24) is 9.80 Å². The van der Waals surface area contributed by atoms with Crippen LogP contribution in [0.3, 0.4) is 0 Å². The highest BCUT2D eigenvalue weighted by atomic mass is 16.5. The Morgan fingerprint density at radius 3 is 2.46 bits per heavy atom. The Balaban J connectivity index is 1.66. The molecule has 3 fully saturated rings. The van der Waals surface area contributed by atoms with Gasteiger partial charge in [-0.2, -0.15) is 0 Å². The molecule has 2 amide bonds. The van der Waals surface area contributed by atoms with E-state index in [1.54, 1.807) is 4.90 Å². The van der Waals surface area contributed by atoms with Crippen molar-refractivity contribution in [3.05, 3.63) is 0 Å². The highest BCUT2D eigenvalue weighted by Crippen LogP contribution is 2.57. The van der Waals surface area contributed by atoms with Gasteiger partial charge in [-0.25, -0.2) is 0 Å². The van der Waals surface area contributed by atoms with Crippen LogP contribution in [0.4, 0.5) is 0 Å². The summed E-state index contributed by atoms with van der Waals surface area (Å²) in [6.45, 7) is 7.05. The lowest BCUT2D eigenvalue weighted by Gasteiger charge is -2.66. The lowest BCUT2D eigenvalue weighted by molar-refractivity contribution is -0.230. The van der Waals surface area contributed by atoms with E-state index in [2.05, 4.69) is 0 Å². The summed E-state index contributed by atoms with van der Waals surface area (Å²) < 4.78 is 10.8. The molecule has 2 aliphatic heterocycles. The van der Waals surface area contributed by atoms with Gasteiger partial charge in [0, 0.05) is 51.2 Å². The first-order chi connectivity index (χ1) is 11.3. The fourth-order valence-corrected chi connectivity index (χ4v) is 4.65. The minimum Gasteiger partial charge on any atom is -0.377 e. The van der Waals surface area contributed by atoms with Crippen molar-refractivity contribution in [2.45, 2.75) is 38.3 Å². The molecular formula is C17H29N3O4. The van der Waals surface area contributed by atoms with Gasteiger partial charge in [-0.3, -0.25) is 9.59 Å². The number of methoxy groups -OCH3 is 1. The number of nitrogens with two attached hydrogens (primary N) is 1. The molecule has 3 unspecified atom stereocenters. The van der Waals surface area contributed by atoms with E-state index in [1.807, 2.05) is 18.7 Å². The predicted octanol–water partition coefficient (Wildman–Crippen LogP) is -0.164. The van der Waals surface area contributed by atoms with Crippen LogP contribution in [0.25, 0.3) is 0 Å². The first-order valence-electron chi connectivity index (χ1n) is 8.80. The first-order valence-corrected chi connectivity index (χ1v) is 8.80. The number of nitrogens with zero attached hydrogens (tertiary/aromatic N) is 2. The number of carbonyl (C=O) groups excluding carboxylic acids is 2. The largest absolute Gasteiger partial charge is 0.377 e. The standard InChI is InChI=1S/C17H29N3O4/c1-16(2)14-12(5-4-10-24-14)17(16,18)15(22)20-8-6-19(7-9-20)13(21)11-23-3/h12,14H,4-11,18H2,1-3H3. The first kappa shape index (κ1) is 17.6. The Morgan fingerprint density at radius 1 is 1.21 bits per heavy atom. The SMILES string of the molecule is COCC(=O)N1CCN(C(=O)C2(N)C3CCCOC3C2(C)C)CC1. The van der Waals surface area contributed by atoms with Crippen molar-refractivity contribution in [2.75, 3.05) is 46.5 Å². The lowest BCUT2D eigenvalue weighted by Crippen LogP contribution is -2.82. The molecule has 0 spiro atoms. The predicted molar refractivity (Wildman–Crippen MR) is 88.2 cm³/mol. The van der Waals surface area contributed by atoms with E-state index in [1.165, 1.54) is 7.11 Å². The lowest BCUT2D eigenvalue weighted by atomic mass is 9.46. The maximum absolute atomic E-state index is 13.2. The zero-order valence-electron chi connectivity index (χ0n) is 14.9. The van der Waals surface area contributed by atoms with Gasteiger partial charge >= 0.3 is 0 Å². The molecule has 3 rings (SSSR count). The van der Waals surface area contributed by atoms with E-state index in [4.69, 9.17) is 15.2 Å². The van der Waals surface area contributed by atoms with Crippen molar-refractivity contribution in [3.8, 4) is 0 Å². The van der Waals surface area contributed by atoms with Crippen molar-refractivity contribution < 1.29 is 19.1 Å². The van der Waals surface area contributed by atoms with Gasteiger partial charge in [0.1, 0.15) is 12.1 Å². The molecule has 24 heavy (non-hydrogen) atoms. The fourth-order valence-electron chi connectivity index (χ4n) is 4.65. The van der Waals surface area contributed by atoms with E-state index < -0.39 is 5.54 Å². The van der Waals surface area contributed by atoms with Crippen LogP contribution in [0.5, 0.6) is 0 Å². The molecule has 136 valence electrons. The van der Waals surface area contributed by atoms with E-state index in [-0.39, 0.29) is 35.9 Å². The number of amides is 2. The van der Waals surface area contributed by atoms with Crippen molar-refractivity contribution >= 4 is 11.8 Å². The van der Waals surface area contributed by atoms with Gasteiger partial charge in [0.2, 0.25) is 11.8 Å². The zero-order valence-corrected chi connectivity index (χ0v) is 14.9. The van der Waals surface area contributed by atoms with Crippen molar-refractivity contribution in [3.63, 3.8) is 0 Å². The third-order valence-electron chi connectivity index (χ3n) is 6.23. The maximum atomic E-state index is 13.2. The summed E-state index contributed by atoms with van der Waals surface area (Å²) in [6, 6.07) is 0. The molecule has 0 aromatic rings. The highest BCUT2D eigenvalue weighted by molar-refractivity contribution is 5.90. The van der Waals surface area contributed by atoms with E-state index >= 15 is 0 Å². The summed E-state index contributed by atoms with van der Waals surface area (Å²) in [4.78, 5) is 28.6. The minimum absolute atomic E-state index is 0.0121. The molecule has 7 heteroatoms. The second kappa shape index (κ2) is 6.28. The Bertz CT molecular complexity index is 516. The number of carbonyl (C=O) groups is 2. The number of fused-ring (bicyclic) bond motifs is 1. The number of ether oxygens (including phenoxy) is 2. The van der Waals surface area contributed by atoms with Gasteiger partial charge in [-0.1, -0.05) is 13.8 Å². The van der Waals surface area contributed by atoms with E-state index in [0.717, 1.165) is 19.4 Å². The minimum atomic E-state index is -0.864. The average molecular weight is 339 g/mol. The molecule has 0 aromatic carbocycles. The summed E-state index contributed by atoms with van der Waals surface area (Å²) in [7, 11) is 1.51. The van der Waals surface area contributed by atoms with Crippen LogP contribution in [-0.4, -0.2) is 79.8 Å². The van der Waals surface area contributed by atoms with Crippen molar-refractivity contribution in [1.29, 1.82) is 0 Å². The van der Waals surface area contributed by atoms with Gasteiger partial charge in [-0.15, -0.1) is 0 Å². The van der Waals surface area contributed by atoms with Crippen LogP contribution in [0.15, 0.2) is 0 Å². The molecule has 0 radical (unpaired) electrons. The normalized spacial score (nSPS) is 35.2. The number of hydrogen-bond donors (Lipinski definition) is 1. The van der Waals surface area contributed by atoms with E-state index in [0.29, 0.717) is 26.2 Å².